The Labute approximate surface area is 160 Å². The van der Waals surface area contributed by atoms with Crippen molar-refractivity contribution in [3.05, 3.63) is 58.6 Å². The second kappa shape index (κ2) is 8.02. The summed E-state index contributed by atoms with van der Waals surface area (Å²) in [5.74, 6) is -1.77. The third-order valence-corrected chi connectivity index (χ3v) is 6.70. The lowest BCUT2D eigenvalue weighted by molar-refractivity contribution is 0.255. The molecule has 0 amide bonds. The summed E-state index contributed by atoms with van der Waals surface area (Å²) in [7, 11) is -4.12. The molecule has 140 valence electrons. The van der Waals surface area contributed by atoms with Gasteiger partial charge in [0.1, 0.15) is 16.5 Å². The van der Waals surface area contributed by atoms with E-state index in [0.29, 0.717) is 12.6 Å². The zero-order chi connectivity index (χ0) is 18.7. The molecule has 2 aromatic rings. The SMILES string of the molecule is O=S(=O)(N[C@@H](CNc1ccccc1)C1CCC1)c1cc(Br)c(F)cc1F. The number of benzene rings is 2. The molecule has 0 spiro atoms. The molecular weight excluding hydrogens is 426 g/mol. The molecule has 2 aromatic carbocycles. The van der Waals surface area contributed by atoms with Crippen molar-refractivity contribution in [2.75, 3.05) is 11.9 Å². The van der Waals surface area contributed by atoms with Gasteiger partial charge in [-0.2, -0.15) is 0 Å². The number of nitrogens with one attached hydrogen (secondary N) is 2. The zero-order valence-electron chi connectivity index (χ0n) is 13.9. The Morgan fingerprint density at radius 3 is 2.42 bits per heavy atom. The van der Waals surface area contributed by atoms with Gasteiger partial charge in [-0.05, 0) is 52.9 Å². The van der Waals surface area contributed by atoms with Crippen molar-refractivity contribution in [2.45, 2.75) is 30.2 Å². The van der Waals surface area contributed by atoms with Crippen LogP contribution in [-0.2, 0) is 10.0 Å². The van der Waals surface area contributed by atoms with Crippen molar-refractivity contribution in [3.63, 3.8) is 0 Å². The van der Waals surface area contributed by atoms with Gasteiger partial charge in [0.05, 0.1) is 4.47 Å². The average molecular weight is 445 g/mol. The number of sulfonamides is 1. The minimum absolute atomic E-state index is 0.0955. The summed E-state index contributed by atoms with van der Waals surface area (Å²) in [5, 5.41) is 3.21. The van der Waals surface area contributed by atoms with Crippen LogP contribution in [0, 0.1) is 17.6 Å². The summed E-state index contributed by atoms with van der Waals surface area (Å²) in [6, 6.07) is 10.6. The van der Waals surface area contributed by atoms with Gasteiger partial charge in [0, 0.05) is 24.3 Å². The molecule has 8 heteroatoms. The van der Waals surface area contributed by atoms with Crippen molar-refractivity contribution in [1.82, 2.24) is 4.72 Å². The van der Waals surface area contributed by atoms with Crippen LogP contribution in [0.2, 0.25) is 0 Å². The number of para-hydroxylation sites is 1. The Morgan fingerprint density at radius 2 is 1.81 bits per heavy atom. The van der Waals surface area contributed by atoms with E-state index in [1.165, 1.54) is 0 Å². The first-order valence-corrected chi connectivity index (χ1v) is 10.6. The zero-order valence-corrected chi connectivity index (χ0v) is 16.3. The van der Waals surface area contributed by atoms with Crippen molar-refractivity contribution < 1.29 is 17.2 Å². The molecule has 0 radical (unpaired) electrons. The summed E-state index contributed by atoms with van der Waals surface area (Å²) in [6.45, 7) is 0.387. The van der Waals surface area contributed by atoms with Crippen LogP contribution in [0.4, 0.5) is 14.5 Å². The molecule has 1 aliphatic rings. The van der Waals surface area contributed by atoms with E-state index in [-0.39, 0.29) is 16.4 Å². The molecule has 2 N–H and O–H groups in total. The summed E-state index contributed by atoms with van der Waals surface area (Å²) in [5.41, 5.74) is 0.881. The fraction of sp³-hybridized carbons (Fsp3) is 0.333. The fourth-order valence-electron chi connectivity index (χ4n) is 2.90. The molecule has 26 heavy (non-hydrogen) atoms. The first-order chi connectivity index (χ1) is 12.4. The number of hydrogen-bond donors (Lipinski definition) is 2. The Hall–Kier alpha value is -1.51. The van der Waals surface area contributed by atoms with Crippen LogP contribution in [0.5, 0.6) is 0 Å². The molecule has 1 saturated carbocycles. The number of anilines is 1. The van der Waals surface area contributed by atoms with Crippen LogP contribution in [0.25, 0.3) is 0 Å². The largest absolute Gasteiger partial charge is 0.383 e. The van der Waals surface area contributed by atoms with Crippen molar-refractivity contribution in [3.8, 4) is 0 Å². The van der Waals surface area contributed by atoms with E-state index in [4.69, 9.17) is 0 Å². The Balaban J connectivity index is 1.78. The van der Waals surface area contributed by atoms with Gasteiger partial charge >= 0.3 is 0 Å². The maximum absolute atomic E-state index is 14.0. The second-order valence-electron chi connectivity index (χ2n) is 6.36. The molecule has 0 aromatic heterocycles. The lowest BCUT2D eigenvalue weighted by Crippen LogP contribution is -2.47. The third kappa shape index (κ3) is 4.42. The van der Waals surface area contributed by atoms with Gasteiger partial charge in [0.2, 0.25) is 10.0 Å². The smallest absolute Gasteiger partial charge is 0.243 e. The number of hydrogen-bond acceptors (Lipinski definition) is 3. The summed E-state index contributed by atoms with van der Waals surface area (Å²) >= 11 is 2.91. The molecule has 1 atom stereocenters. The van der Waals surface area contributed by atoms with E-state index >= 15 is 0 Å². The molecule has 1 aliphatic carbocycles. The standard InChI is InChI=1S/C18H19BrF2N2O2S/c19-14-9-18(16(21)10-15(14)20)26(24,25)23-17(12-5-4-6-12)11-22-13-7-2-1-3-8-13/h1-3,7-10,12,17,22-23H,4-6,11H2/t17-/m0/s1. The summed E-state index contributed by atoms with van der Waals surface area (Å²) in [4.78, 5) is -0.560. The minimum atomic E-state index is -4.12. The second-order valence-corrected chi connectivity index (χ2v) is 8.90. The van der Waals surface area contributed by atoms with Crippen LogP contribution in [0.15, 0.2) is 51.8 Å². The first-order valence-electron chi connectivity index (χ1n) is 8.32. The molecule has 0 aliphatic heterocycles. The lowest BCUT2D eigenvalue weighted by atomic mass is 9.80. The molecule has 1 fully saturated rings. The lowest BCUT2D eigenvalue weighted by Gasteiger charge is -2.34. The molecule has 0 bridgehead atoms. The number of halogens is 3. The van der Waals surface area contributed by atoms with Gasteiger partial charge in [0.15, 0.2) is 0 Å². The van der Waals surface area contributed by atoms with Gasteiger partial charge in [-0.3, -0.25) is 0 Å². The van der Waals surface area contributed by atoms with Gasteiger partial charge in [-0.25, -0.2) is 21.9 Å². The normalized spacial score (nSPS) is 16.1. The first kappa shape index (κ1) is 19.3. The predicted octanol–water partition coefficient (Wildman–Crippen LogP) is 4.29. The van der Waals surface area contributed by atoms with Gasteiger partial charge in [-0.15, -0.1) is 0 Å². The molecular formula is C18H19BrF2N2O2S. The van der Waals surface area contributed by atoms with Crippen LogP contribution < -0.4 is 10.0 Å². The van der Waals surface area contributed by atoms with Crippen LogP contribution in [0.1, 0.15) is 19.3 Å². The highest BCUT2D eigenvalue weighted by molar-refractivity contribution is 9.10. The number of rotatable bonds is 7. The van der Waals surface area contributed by atoms with E-state index in [1.54, 1.807) is 0 Å². The maximum atomic E-state index is 14.0. The van der Waals surface area contributed by atoms with E-state index in [0.717, 1.165) is 31.0 Å². The molecule has 0 unspecified atom stereocenters. The van der Waals surface area contributed by atoms with Crippen LogP contribution >= 0.6 is 15.9 Å². The highest BCUT2D eigenvalue weighted by Gasteiger charge is 2.32. The predicted molar refractivity (Wildman–Crippen MR) is 100 cm³/mol. The molecule has 0 heterocycles. The molecule has 3 rings (SSSR count). The van der Waals surface area contributed by atoms with E-state index in [1.807, 2.05) is 30.3 Å². The van der Waals surface area contributed by atoms with Crippen LogP contribution in [-0.4, -0.2) is 21.0 Å². The minimum Gasteiger partial charge on any atom is -0.383 e. The van der Waals surface area contributed by atoms with E-state index < -0.39 is 26.6 Å². The van der Waals surface area contributed by atoms with Crippen molar-refractivity contribution in [1.29, 1.82) is 0 Å². The topological polar surface area (TPSA) is 58.2 Å². The quantitative estimate of drug-likeness (QED) is 0.626. The molecule has 4 nitrogen and oxygen atoms in total. The van der Waals surface area contributed by atoms with Crippen LogP contribution in [0.3, 0.4) is 0 Å². The summed E-state index contributed by atoms with van der Waals surface area (Å²) in [6.07, 6.45) is 2.88. The third-order valence-electron chi connectivity index (χ3n) is 4.59. The van der Waals surface area contributed by atoms with E-state index in [9.17, 15) is 17.2 Å². The Bertz CT molecular complexity index is 874. The Kier molecular flexibility index (Phi) is 5.94. The average Bonchev–Trinajstić information content (AvgIpc) is 2.55. The van der Waals surface area contributed by atoms with Gasteiger partial charge in [0.25, 0.3) is 0 Å². The summed E-state index contributed by atoms with van der Waals surface area (Å²) < 4.78 is 55.2. The highest BCUT2D eigenvalue weighted by Crippen LogP contribution is 2.31. The highest BCUT2D eigenvalue weighted by atomic mass is 79.9. The fourth-order valence-corrected chi connectivity index (χ4v) is 4.79. The van der Waals surface area contributed by atoms with Gasteiger partial charge < -0.3 is 5.32 Å². The van der Waals surface area contributed by atoms with Gasteiger partial charge in [-0.1, -0.05) is 24.6 Å². The Morgan fingerprint density at radius 1 is 1.12 bits per heavy atom. The van der Waals surface area contributed by atoms with E-state index in [2.05, 4.69) is 26.0 Å². The molecule has 0 saturated heterocycles. The monoisotopic (exact) mass is 444 g/mol. The van der Waals surface area contributed by atoms with Crippen molar-refractivity contribution >= 4 is 31.6 Å². The van der Waals surface area contributed by atoms with Crippen molar-refractivity contribution in [2.24, 2.45) is 5.92 Å². The maximum Gasteiger partial charge on any atom is 0.243 e.